The van der Waals surface area contributed by atoms with Gasteiger partial charge in [-0.2, -0.15) is 9.57 Å². The highest BCUT2D eigenvalue weighted by atomic mass is 32.2. The van der Waals surface area contributed by atoms with Gasteiger partial charge >= 0.3 is 0 Å². The number of carbonyl (C=O) groups excluding carboxylic acids is 1. The van der Waals surface area contributed by atoms with E-state index in [1.54, 1.807) is 17.5 Å². The van der Waals surface area contributed by atoms with Gasteiger partial charge < -0.3 is 5.32 Å². The minimum atomic E-state index is -3.68. The van der Waals surface area contributed by atoms with Crippen molar-refractivity contribution in [1.82, 2.24) is 4.31 Å². The number of fused-ring (bicyclic) bond motifs is 1. The summed E-state index contributed by atoms with van der Waals surface area (Å²) in [5.41, 5.74) is 1.60. The summed E-state index contributed by atoms with van der Waals surface area (Å²) in [5, 5.41) is 14.8. The number of sulfonamides is 1. The van der Waals surface area contributed by atoms with Crippen molar-refractivity contribution in [2.24, 2.45) is 5.92 Å². The second-order valence-corrected chi connectivity index (χ2v) is 11.5. The molecule has 2 aliphatic rings. The minimum absolute atomic E-state index is 0.255. The third-order valence-corrected chi connectivity index (χ3v) is 9.88. The lowest BCUT2D eigenvalue weighted by Crippen LogP contribution is -2.42. The molecule has 2 aromatic rings. The summed E-state index contributed by atoms with van der Waals surface area (Å²) in [4.78, 5) is 14.1. The van der Waals surface area contributed by atoms with Gasteiger partial charge in [-0.3, -0.25) is 4.79 Å². The fourth-order valence-corrected chi connectivity index (χ4v) is 8.11. The third-order valence-electron chi connectivity index (χ3n) is 5.42. The first kappa shape index (κ1) is 19.6. The van der Waals surface area contributed by atoms with E-state index in [0.29, 0.717) is 35.9 Å². The van der Waals surface area contributed by atoms with Gasteiger partial charge in [-0.05, 0) is 55.0 Å². The summed E-state index contributed by atoms with van der Waals surface area (Å²) >= 11 is 2.62. The second-order valence-electron chi connectivity index (χ2n) is 7.36. The summed E-state index contributed by atoms with van der Waals surface area (Å²) in [6.07, 6.45) is 3.95. The lowest BCUT2D eigenvalue weighted by atomic mass is 9.88. The zero-order valence-electron chi connectivity index (χ0n) is 15.5. The van der Waals surface area contributed by atoms with Gasteiger partial charge in [-0.25, -0.2) is 8.42 Å². The first-order valence-corrected chi connectivity index (χ1v) is 12.5. The summed E-state index contributed by atoms with van der Waals surface area (Å²) in [7, 11) is -3.68. The predicted molar refractivity (Wildman–Crippen MR) is 110 cm³/mol. The van der Waals surface area contributed by atoms with Gasteiger partial charge in [0.15, 0.2) is 0 Å². The normalized spacial score (nSPS) is 22.6. The number of thiophene rings is 2. The van der Waals surface area contributed by atoms with E-state index in [-0.39, 0.29) is 10.1 Å². The van der Waals surface area contributed by atoms with E-state index >= 15 is 0 Å². The van der Waals surface area contributed by atoms with Crippen molar-refractivity contribution in [1.29, 1.82) is 5.26 Å². The topological polar surface area (TPSA) is 90.3 Å². The first-order valence-electron chi connectivity index (χ1n) is 9.32. The molecule has 0 bridgehead atoms. The van der Waals surface area contributed by atoms with Crippen LogP contribution < -0.4 is 5.32 Å². The van der Waals surface area contributed by atoms with E-state index in [0.717, 1.165) is 36.2 Å². The van der Waals surface area contributed by atoms with Crippen LogP contribution in [0.4, 0.5) is 5.00 Å². The summed E-state index contributed by atoms with van der Waals surface area (Å²) in [6.45, 7) is 2.53. The summed E-state index contributed by atoms with van der Waals surface area (Å²) in [6, 6.07) is 4.76. The zero-order chi connectivity index (χ0) is 19.9. The van der Waals surface area contributed by atoms with Crippen LogP contribution in [0.3, 0.4) is 0 Å². The molecule has 0 radical (unpaired) electrons. The quantitative estimate of drug-likeness (QED) is 0.794. The van der Waals surface area contributed by atoms with E-state index < -0.39 is 16.1 Å². The van der Waals surface area contributed by atoms with E-state index in [4.69, 9.17) is 0 Å². The molecule has 9 heteroatoms. The number of amides is 1. The van der Waals surface area contributed by atoms with Gasteiger partial charge in [0.05, 0.1) is 5.56 Å². The molecule has 28 heavy (non-hydrogen) atoms. The van der Waals surface area contributed by atoms with Crippen LogP contribution in [0.1, 0.15) is 42.2 Å². The van der Waals surface area contributed by atoms with Gasteiger partial charge in [-0.15, -0.1) is 22.7 Å². The molecule has 1 N–H and O–H groups in total. The molecule has 2 atom stereocenters. The lowest BCUT2D eigenvalue weighted by molar-refractivity contribution is -0.119. The largest absolute Gasteiger partial charge is 0.315 e. The molecule has 1 saturated heterocycles. The predicted octanol–water partition coefficient (Wildman–Crippen LogP) is 3.60. The molecule has 1 amide bonds. The highest BCUT2D eigenvalue weighted by molar-refractivity contribution is 7.91. The van der Waals surface area contributed by atoms with E-state index in [9.17, 15) is 18.5 Å². The van der Waals surface area contributed by atoms with Crippen LogP contribution in [0.5, 0.6) is 0 Å². The van der Waals surface area contributed by atoms with Crippen molar-refractivity contribution in [3.05, 3.63) is 33.5 Å². The molecule has 1 aliphatic heterocycles. The van der Waals surface area contributed by atoms with E-state index in [1.165, 1.54) is 20.5 Å². The van der Waals surface area contributed by atoms with Crippen molar-refractivity contribution >= 4 is 43.6 Å². The van der Waals surface area contributed by atoms with Gasteiger partial charge in [-0.1, -0.05) is 13.0 Å². The maximum Gasteiger partial charge on any atom is 0.253 e. The van der Waals surface area contributed by atoms with Gasteiger partial charge in [0.1, 0.15) is 21.3 Å². The number of hydrogen-bond donors (Lipinski definition) is 1. The van der Waals surface area contributed by atoms with Crippen molar-refractivity contribution in [2.75, 3.05) is 11.9 Å². The van der Waals surface area contributed by atoms with Crippen LogP contribution >= 0.6 is 22.7 Å². The molecule has 0 aromatic carbocycles. The number of nitrogens with one attached hydrogen (secondary N) is 1. The van der Waals surface area contributed by atoms with E-state index in [2.05, 4.69) is 18.3 Å². The Kier molecular flexibility index (Phi) is 5.31. The van der Waals surface area contributed by atoms with Crippen molar-refractivity contribution in [3.63, 3.8) is 0 Å². The Morgan fingerprint density at radius 3 is 2.93 bits per heavy atom. The molecule has 148 valence electrons. The second kappa shape index (κ2) is 7.59. The minimum Gasteiger partial charge on any atom is -0.315 e. The SMILES string of the molecule is C[C@H]1CCc2c(sc(NC(=O)[C@@H]3CCCN3S(=O)(=O)c3cccs3)c2C#N)C1. The van der Waals surface area contributed by atoms with Gasteiger partial charge in [0.2, 0.25) is 5.91 Å². The van der Waals surface area contributed by atoms with Crippen LogP contribution in [0, 0.1) is 17.2 Å². The highest BCUT2D eigenvalue weighted by Crippen LogP contribution is 2.39. The van der Waals surface area contributed by atoms with Crippen molar-refractivity contribution < 1.29 is 13.2 Å². The summed E-state index contributed by atoms with van der Waals surface area (Å²) in [5.74, 6) is 0.225. The smallest absolute Gasteiger partial charge is 0.253 e. The standard InChI is InChI=1S/C19H21N3O3S3/c1-12-6-7-13-14(11-20)19(27-16(13)10-12)21-18(23)15-4-2-8-22(15)28(24,25)17-5-3-9-26-17/h3,5,9,12,15H,2,4,6-8,10H2,1H3,(H,21,23)/t12-,15-/m0/s1. The highest BCUT2D eigenvalue weighted by Gasteiger charge is 2.40. The fraction of sp³-hybridized carbons (Fsp3) is 0.474. The first-order chi connectivity index (χ1) is 13.4. The number of carbonyl (C=O) groups is 1. The monoisotopic (exact) mass is 435 g/mol. The Balaban J connectivity index is 1.58. The lowest BCUT2D eigenvalue weighted by Gasteiger charge is -2.22. The number of nitriles is 1. The molecule has 6 nitrogen and oxygen atoms in total. The Morgan fingerprint density at radius 2 is 2.21 bits per heavy atom. The van der Waals surface area contributed by atoms with Crippen LogP contribution in [0.25, 0.3) is 0 Å². The maximum absolute atomic E-state index is 13.0. The number of nitrogens with zero attached hydrogens (tertiary/aromatic N) is 2. The molecule has 1 fully saturated rings. The van der Waals surface area contributed by atoms with Crippen LogP contribution in [-0.4, -0.2) is 31.2 Å². The molecular formula is C19H21N3O3S3. The number of rotatable bonds is 4. The molecular weight excluding hydrogens is 414 g/mol. The van der Waals surface area contributed by atoms with Crippen LogP contribution in [0.2, 0.25) is 0 Å². The number of anilines is 1. The average molecular weight is 436 g/mol. The van der Waals surface area contributed by atoms with Gasteiger partial charge in [0, 0.05) is 11.4 Å². The van der Waals surface area contributed by atoms with Crippen molar-refractivity contribution in [2.45, 2.75) is 49.3 Å². The van der Waals surface area contributed by atoms with Gasteiger partial charge in [0.25, 0.3) is 10.0 Å². The summed E-state index contributed by atoms with van der Waals surface area (Å²) < 4.78 is 27.3. The van der Waals surface area contributed by atoms with E-state index in [1.807, 2.05) is 0 Å². The fourth-order valence-electron chi connectivity index (χ4n) is 3.97. The molecule has 4 rings (SSSR count). The van der Waals surface area contributed by atoms with Crippen molar-refractivity contribution in [3.8, 4) is 6.07 Å². The maximum atomic E-state index is 13.0. The molecule has 1 aliphatic carbocycles. The Morgan fingerprint density at radius 1 is 1.39 bits per heavy atom. The average Bonchev–Trinajstić information content (AvgIpc) is 3.40. The molecule has 0 unspecified atom stereocenters. The molecule has 2 aromatic heterocycles. The Labute approximate surface area is 172 Å². The Hall–Kier alpha value is -1.73. The van der Waals surface area contributed by atoms with Crippen LogP contribution in [-0.2, 0) is 27.7 Å². The molecule has 3 heterocycles. The third kappa shape index (κ3) is 3.39. The number of hydrogen-bond acceptors (Lipinski definition) is 6. The molecule has 0 spiro atoms. The zero-order valence-corrected chi connectivity index (χ0v) is 17.9. The van der Waals surface area contributed by atoms with Crippen LogP contribution in [0.15, 0.2) is 21.7 Å². The Bertz CT molecular complexity index is 1030. The molecule has 0 saturated carbocycles.